The molecule has 1 N–H and O–H groups in total. The summed E-state index contributed by atoms with van der Waals surface area (Å²) < 4.78 is 44.7. The van der Waals surface area contributed by atoms with Crippen LogP contribution in [-0.2, 0) is 26.1 Å². The summed E-state index contributed by atoms with van der Waals surface area (Å²) in [6.07, 6.45) is 1.65. The number of carbonyl (C=O) groups excluding carboxylic acids is 2. The largest absolute Gasteiger partial charge is 0.452 e. The quantitative estimate of drug-likeness (QED) is 0.660. The second kappa shape index (κ2) is 8.71. The van der Waals surface area contributed by atoms with Crippen molar-refractivity contribution in [2.75, 3.05) is 13.7 Å². The highest BCUT2D eigenvalue weighted by atomic mass is 32.2. The molecule has 29 heavy (non-hydrogen) atoms. The molecule has 1 saturated carbocycles. The van der Waals surface area contributed by atoms with Crippen LogP contribution < -0.4 is 4.72 Å². The van der Waals surface area contributed by atoms with Gasteiger partial charge in [0.25, 0.3) is 5.91 Å². The number of carbonyl (C=O) groups is 2. The summed E-state index contributed by atoms with van der Waals surface area (Å²) in [7, 11) is -2.05. The first-order chi connectivity index (χ1) is 13.7. The minimum atomic E-state index is -3.60. The summed E-state index contributed by atoms with van der Waals surface area (Å²) >= 11 is 0. The highest BCUT2D eigenvalue weighted by molar-refractivity contribution is 7.89. The number of rotatable bonds is 8. The van der Waals surface area contributed by atoms with E-state index >= 15 is 0 Å². The molecule has 2 aromatic rings. The van der Waals surface area contributed by atoms with Gasteiger partial charge in [-0.2, -0.15) is 0 Å². The summed E-state index contributed by atoms with van der Waals surface area (Å²) in [6, 6.07) is 11.1. The van der Waals surface area contributed by atoms with Crippen LogP contribution in [0.1, 0.15) is 28.8 Å². The summed E-state index contributed by atoms with van der Waals surface area (Å²) in [5, 5.41) is 0. The maximum Gasteiger partial charge on any atom is 0.338 e. The van der Waals surface area contributed by atoms with E-state index in [-0.39, 0.29) is 28.9 Å². The molecule has 154 valence electrons. The Morgan fingerprint density at radius 1 is 1.10 bits per heavy atom. The number of likely N-dealkylation sites (N-methyl/N-ethyl adjacent to an activating group) is 1. The molecule has 2 aromatic carbocycles. The van der Waals surface area contributed by atoms with Gasteiger partial charge in [-0.3, -0.25) is 4.79 Å². The first kappa shape index (κ1) is 20.9. The van der Waals surface area contributed by atoms with Crippen molar-refractivity contribution in [3.05, 3.63) is 65.5 Å². The molecule has 0 aromatic heterocycles. The van der Waals surface area contributed by atoms with E-state index in [9.17, 15) is 22.4 Å². The smallest absolute Gasteiger partial charge is 0.338 e. The number of hydrogen-bond acceptors (Lipinski definition) is 5. The number of benzene rings is 2. The molecule has 0 heterocycles. The third kappa shape index (κ3) is 5.85. The molecule has 1 fully saturated rings. The van der Waals surface area contributed by atoms with E-state index in [2.05, 4.69) is 4.72 Å². The standard InChI is InChI=1S/C20H21FN2O5S/c1-23(12-14-2-6-16(21)7-3-14)19(24)13-28-20(25)15-4-10-18(11-5-15)29(26,27)22-17-8-9-17/h2-7,10-11,17,22H,8-9,12-13H2,1H3. The number of amides is 1. The Labute approximate surface area is 168 Å². The van der Waals surface area contributed by atoms with Crippen molar-refractivity contribution < 1.29 is 27.1 Å². The molecule has 3 rings (SSSR count). The first-order valence-electron chi connectivity index (χ1n) is 9.02. The highest BCUT2D eigenvalue weighted by Gasteiger charge is 2.28. The van der Waals surface area contributed by atoms with E-state index in [1.165, 1.54) is 41.3 Å². The maximum atomic E-state index is 12.9. The van der Waals surface area contributed by atoms with Gasteiger partial charge in [0.2, 0.25) is 10.0 Å². The van der Waals surface area contributed by atoms with Crippen molar-refractivity contribution in [3.8, 4) is 0 Å². The number of halogens is 1. The van der Waals surface area contributed by atoms with Crippen LogP contribution in [0.2, 0.25) is 0 Å². The number of esters is 1. The topological polar surface area (TPSA) is 92.8 Å². The molecule has 7 nitrogen and oxygen atoms in total. The maximum absolute atomic E-state index is 12.9. The average molecular weight is 420 g/mol. The van der Waals surface area contributed by atoms with Gasteiger partial charge >= 0.3 is 5.97 Å². The predicted octanol–water partition coefficient (Wildman–Crippen LogP) is 2.08. The number of nitrogens with zero attached hydrogens (tertiary/aromatic N) is 1. The minimum absolute atomic E-state index is 0.0115. The van der Waals surface area contributed by atoms with Crippen LogP contribution in [0.4, 0.5) is 4.39 Å². The lowest BCUT2D eigenvalue weighted by Crippen LogP contribution is -2.30. The van der Waals surface area contributed by atoms with Gasteiger partial charge in [-0.1, -0.05) is 12.1 Å². The van der Waals surface area contributed by atoms with E-state index in [4.69, 9.17) is 4.74 Å². The second-order valence-electron chi connectivity index (χ2n) is 6.87. The van der Waals surface area contributed by atoms with Crippen molar-refractivity contribution in [2.24, 2.45) is 0 Å². The number of ether oxygens (including phenoxy) is 1. The SMILES string of the molecule is CN(Cc1ccc(F)cc1)C(=O)COC(=O)c1ccc(S(=O)(=O)NC2CC2)cc1. The molecule has 1 aliphatic carbocycles. The van der Waals surface area contributed by atoms with Crippen LogP contribution in [0.15, 0.2) is 53.4 Å². The molecular weight excluding hydrogens is 399 g/mol. The monoisotopic (exact) mass is 420 g/mol. The van der Waals surface area contributed by atoms with Crippen molar-refractivity contribution in [1.82, 2.24) is 9.62 Å². The first-order valence-corrected chi connectivity index (χ1v) is 10.5. The van der Waals surface area contributed by atoms with Crippen molar-refractivity contribution in [1.29, 1.82) is 0 Å². The lowest BCUT2D eigenvalue weighted by Gasteiger charge is -2.17. The fourth-order valence-electron chi connectivity index (χ4n) is 2.53. The van der Waals surface area contributed by atoms with E-state index in [0.29, 0.717) is 0 Å². The normalized spacial score (nSPS) is 13.7. The molecule has 0 unspecified atom stereocenters. The Hall–Kier alpha value is -2.78. The lowest BCUT2D eigenvalue weighted by molar-refractivity contribution is -0.133. The summed E-state index contributed by atoms with van der Waals surface area (Å²) in [5.74, 6) is -1.51. The predicted molar refractivity (Wildman–Crippen MR) is 103 cm³/mol. The number of nitrogens with one attached hydrogen (secondary N) is 1. The van der Waals surface area contributed by atoms with Gasteiger partial charge in [-0.05, 0) is 54.8 Å². The van der Waals surface area contributed by atoms with E-state index in [1.807, 2.05) is 0 Å². The van der Waals surface area contributed by atoms with Crippen LogP contribution in [0, 0.1) is 5.82 Å². The van der Waals surface area contributed by atoms with Gasteiger partial charge in [0, 0.05) is 19.6 Å². The Bertz CT molecular complexity index is 987. The Balaban J connectivity index is 1.51. The molecule has 0 bridgehead atoms. The summed E-state index contributed by atoms with van der Waals surface area (Å²) in [6.45, 7) is -0.211. The molecule has 1 amide bonds. The average Bonchev–Trinajstić information content (AvgIpc) is 3.51. The van der Waals surface area contributed by atoms with Crippen molar-refractivity contribution in [3.63, 3.8) is 0 Å². The zero-order chi connectivity index (χ0) is 21.0. The van der Waals surface area contributed by atoms with Gasteiger partial charge in [0.1, 0.15) is 5.82 Å². The third-order valence-electron chi connectivity index (χ3n) is 4.38. The fourth-order valence-corrected chi connectivity index (χ4v) is 3.84. The van der Waals surface area contributed by atoms with Crippen LogP contribution in [0.5, 0.6) is 0 Å². The molecule has 0 spiro atoms. The molecular formula is C20H21FN2O5S. The Kier molecular flexibility index (Phi) is 6.29. The number of sulfonamides is 1. The molecule has 0 aliphatic heterocycles. The van der Waals surface area contributed by atoms with Gasteiger partial charge in [-0.25, -0.2) is 22.3 Å². The Morgan fingerprint density at radius 2 is 1.72 bits per heavy atom. The minimum Gasteiger partial charge on any atom is -0.452 e. The van der Waals surface area contributed by atoms with E-state index in [1.54, 1.807) is 19.2 Å². The molecule has 0 radical (unpaired) electrons. The molecule has 0 saturated heterocycles. The number of hydrogen-bond donors (Lipinski definition) is 1. The summed E-state index contributed by atoms with van der Waals surface area (Å²) in [5.41, 5.74) is 0.884. The van der Waals surface area contributed by atoms with Crippen molar-refractivity contribution in [2.45, 2.75) is 30.3 Å². The zero-order valence-corrected chi connectivity index (χ0v) is 16.6. The Morgan fingerprint density at radius 3 is 2.31 bits per heavy atom. The molecule has 1 aliphatic rings. The van der Waals surface area contributed by atoms with Crippen LogP contribution >= 0.6 is 0 Å². The summed E-state index contributed by atoms with van der Waals surface area (Å²) in [4.78, 5) is 25.7. The zero-order valence-electron chi connectivity index (χ0n) is 15.8. The van der Waals surface area contributed by atoms with Crippen LogP contribution in [0.3, 0.4) is 0 Å². The van der Waals surface area contributed by atoms with E-state index < -0.39 is 28.5 Å². The second-order valence-corrected chi connectivity index (χ2v) is 8.59. The van der Waals surface area contributed by atoms with Crippen LogP contribution in [-0.4, -0.2) is 44.9 Å². The molecule has 9 heteroatoms. The van der Waals surface area contributed by atoms with Gasteiger partial charge in [0.05, 0.1) is 10.5 Å². The fraction of sp³-hybridized carbons (Fsp3) is 0.300. The van der Waals surface area contributed by atoms with Crippen LogP contribution in [0.25, 0.3) is 0 Å². The lowest BCUT2D eigenvalue weighted by atomic mass is 10.2. The van der Waals surface area contributed by atoms with Gasteiger partial charge in [0.15, 0.2) is 6.61 Å². The van der Waals surface area contributed by atoms with Crippen molar-refractivity contribution >= 4 is 21.9 Å². The highest BCUT2D eigenvalue weighted by Crippen LogP contribution is 2.22. The third-order valence-corrected chi connectivity index (χ3v) is 5.92. The van der Waals surface area contributed by atoms with E-state index in [0.717, 1.165) is 18.4 Å². The van der Waals surface area contributed by atoms with Gasteiger partial charge < -0.3 is 9.64 Å². The molecule has 0 atom stereocenters. The van der Waals surface area contributed by atoms with Gasteiger partial charge in [-0.15, -0.1) is 0 Å².